The van der Waals surface area contributed by atoms with Gasteiger partial charge in [0.15, 0.2) is 17.2 Å². The fourth-order valence-corrected chi connectivity index (χ4v) is 0.985. The van der Waals surface area contributed by atoms with E-state index in [9.17, 15) is 23.1 Å². The molecule has 1 heterocycles. The number of imidazole rings is 1. The van der Waals surface area contributed by atoms with Crippen LogP contribution in [0.3, 0.4) is 0 Å². The molecule has 0 radical (unpaired) electrons. The Kier molecular flexibility index (Phi) is 4.35. The van der Waals surface area contributed by atoms with E-state index in [0.717, 1.165) is 6.07 Å². The first-order chi connectivity index (χ1) is 7.32. The molecule has 0 fully saturated rings. The van der Waals surface area contributed by atoms with Gasteiger partial charge in [0.2, 0.25) is 0 Å². The first kappa shape index (κ1) is 15.0. The van der Waals surface area contributed by atoms with E-state index < -0.39 is 34.0 Å². The van der Waals surface area contributed by atoms with Crippen LogP contribution < -0.4 is 24.0 Å². The van der Waals surface area contributed by atoms with Crippen LogP contribution in [0.1, 0.15) is 22.0 Å². The summed E-state index contributed by atoms with van der Waals surface area (Å²) in [5.74, 6) is -3.75. The first-order valence-electron chi connectivity index (χ1n) is 3.54. The first-order valence-corrected chi connectivity index (χ1v) is 3.54. The maximum Gasteiger partial charge on any atom is 1.00 e. The van der Waals surface area contributed by atoms with Gasteiger partial charge in [-0.1, -0.05) is 0 Å². The third-order valence-electron chi connectivity index (χ3n) is 1.53. The van der Waals surface area contributed by atoms with Crippen LogP contribution in [0, 0.1) is 22.7 Å². The second-order valence-electron chi connectivity index (χ2n) is 2.45. The zero-order chi connectivity index (χ0) is 12.5. The zero-order valence-corrected chi connectivity index (χ0v) is 8.24. The van der Waals surface area contributed by atoms with Crippen LogP contribution in [0.5, 0.6) is 0 Å². The third kappa shape index (κ3) is 2.59. The van der Waals surface area contributed by atoms with Gasteiger partial charge >= 0.3 is 25.2 Å². The summed E-state index contributed by atoms with van der Waals surface area (Å²) >= 11 is 0. The number of carbonyl (C=O) groups is 1. The smallest absolute Gasteiger partial charge is 0.542 e. The second kappa shape index (κ2) is 4.92. The van der Waals surface area contributed by atoms with Crippen molar-refractivity contribution in [1.29, 1.82) is 10.5 Å². The SMILES string of the molecule is N#Cc1nc(C(=O)[O-])n(C(F)(F)F)c1C#N.[Li+]. The van der Waals surface area contributed by atoms with Gasteiger partial charge in [0, 0.05) is 0 Å². The fraction of sp³-hybridized carbons (Fsp3) is 0.143. The minimum absolute atomic E-state index is 0. The standard InChI is InChI=1S/C7HF3N4O2.Li/c8-7(9,10)14-4(2-12)3(1-11)13-5(14)6(15)16;/h(H,15,16);/q;+1/p-1. The molecule has 0 saturated heterocycles. The van der Waals surface area contributed by atoms with Gasteiger partial charge in [0.1, 0.15) is 18.1 Å². The van der Waals surface area contributed by atoms with Crippen LogP contribution in [0.25, 0.3) is 0 Å². The number of hydrogen-bond donors (Lipinski definition) is 0. The van der Waals surface area contributed by atoms with Crippen molar-refractivity contribution in [2.45, 2.75) is 6.30 Å². The molecule has 0 aromatic carbocycles. The quantitative estimate of drug-likeness (QED) is 0.469. The number of aromatic nitrogens is 2. The van der Waals surface area contributed by atoms with Crippen LogP contribution in [0.15, 0.2) is 0 Å². The predicted molar refractivity (Wildman–Crippen MR) is 37.3 cm³/mol. The normalized spacial score (nSPS) is 9.94. The summed E-state index contributed by atoms with van der Waals surface area (Å²) in [6.45, 7) is 0. The molecule has 0 aliphatic rings. The number of rotatable bonds is 1. The van der Waals surface area contributed by atoms with Gasteiger partial charge < -0.3 is 9.90 Å². The number of aromatic carboxylic acids is 1. The van der Waals surface area contributed by atoms with Crippen LogP contribution in [0.4, 0.5) is 13.2 Å². The molecule has 0 unspecified atom stereocenters. The monoisotopic (exact) mass is 236 g/mol. The van der Waals surface area contributed by atoms with Crippen molar-refractivity contribution in [2.75, 3.05) is 0 Å². The van der Waals surface area contributed by atoms with Gasteiger partial charge in [-0.15, -0.1) is 13.2 Å². The zero-order valence-electron chi connectivity index (χ0n) is 8.24. The maximum atomic E-state index is 12.4. The summed E-state index contributed by atoms with van der Waals surface area (Å²) in [5, 5.41) is 27.1. The Hall–Kier alpha value is -1.95. The topological polar surface area (TPSA) is 106 Å². The van der Waals surface area contributed by atoms with Gasteiger partial charge in [0.25, 0.3) is 0 Å². The Balaban J connectivity index is 0.00000256. The number of carboxylic acids is 1. The number of hydrogen-bond acceptors (Lipinski definition) is 5. The molecule has 0 saturated carbocycles. The molecule has 0 amide bonds. The molecule has 1 rings (SSSR count). The van der Waals surface area contributed by atoms with Crippen LogP contribution in [-0.2, 0) is 6.30 Å². The Bertz CT molecular complexity index is 537. The van der Waals surface area contributed by atoms with E-state index in [4.69, 9.17) is 10.5 Å². The van der Waals surface area contributed by atoms with Gasteiger partial charge in [-0.3, -0.25) is 0 Å². The molecule has 1 aromatic heterocycles. The van der Waals surface area contributed by atoms with E-state index in [2.05, 4.69) is 4.98 Å². The van der Waals surface area contributed by atoms with E-state index in [1.807, 2.05) is 0 Å². The minimum Gasteiger partial charge on any atom is -0.542 e. The van der Waals surface area contributed by atoms with Crippen molar-refractivity contribution >= 4 is 5.97 Å². The van der Waals surface area contributed by atoms with Crippen LogP contribution in [0.2, 0.25) is 0 Å². The van der Waals surface area contributed by atoms with Gasteiger partial charge in [-0.2, -0.15) is 10.5 Å². The third-order valence-corrected chi connectivity index (χ3v) is 1.53. The van der Waals surface area contributed by atoms with E-state index in [1.165, 1.54) is 6.07 Å². The Morgan fingerprint density at radius 3 is 2.18 bits per heavy atom. The van der Waals surface area contributed by atoms with Crippen molar-refractivity contribution in [3.8, 4) is 12.1 Å². The molecule has 0 N–H and O–H groups in total. The van der Waals surface area contributed by atoms with E-state index in [1.54, 1.807) is 0 Å². The molecule has 0 atom stereocenters. The summed E-state index contributed by atoms with van der Waals surface area (Å²) in [7, 11) is 0. The Labute approximate surface area is 104 Å². The molecule has 0 bridgehead atoms. The molecule has 0 aliphatic carbocycles. The van der Waals surface area contributed by atoms with E-state index >= 15 is 0 Å². The molecule has 82 valence electrons. The Morgan fingerprint density at radius 2 is 1.88 bits per heavy atom. The second-order valence-corrected chi connectivity index (χ2v) is 2.45. The Morgan fingerprint density at radius 1 is 1.35 bits per heavy atom. The molecular weight excluding hydrogens is 236 g/mol. The number of nitriles is 2. The van der Waals surface area contributed by atoms with E-state index in [0.29, 0.717) is 0 Å². The molecule has 0 spiro atoms. The molecule has 17 heavy (non-hydrogen) atoms. The van der Waals surface area contributed by atoms with Crippen molar-refractivity contribution in [3.05, 3.63) is 17.2 Å². The maximum absolute atomic E-state index is 12.4. The molecule has 10 heteroatoms. The van der Waals surface area contributed by atoms with Gasteiger partial charge in [0.05, 0.1) is 0 Å². The molecular formula is C7F3LiN4O2. The average Bonchev–Trinajstić information content (AvgIpc) is 2.55. The minimum atomic E-state index is -5.16. The van der Waals surface area contributed by atoms with Crippen molar-refractivity contribution in [1.82, 2.24) is 9.55 Å². The number of alkyl halides is 3. The summed E-state index contributed by atoms with van der Waals surface area (Å²) in [5.41, 5.74) is -2.10. The van der Waals surface area contributed by atoms with Crippen LogP contribution >= 0.6 is 0 Å². The number of carboxylic acid groups (broad SMARTS) is 1. The predicted octanol–water partition coefficient (Wildman–Crippen LogP) is -3.53. The summed E-state index contributed by atoms with van der Waals surface area (Å²) in [4.78, 5) is 13.2. The van der Waals surface area contributed by atoms with Crippen molar-refractivity contribution in [2.24, 2.45) is 0 Å². The number of halogens is 3. The van der Waals surface area contributed by atoms with Gasteiger partial charge in [-0.25, -0.2) is 9.55 Å². The van der Waals surface area contributed by atoms with Crippen molar-refractivity contribution < 1.29 is 41.9 Å². The summed E-state index contributed by atoms with van der Waals surface area (Å²) in [6, 6.07) is 2.25. The fourth-order valence-electron chi connectivity index (χ4n) is 0.985. The van der Waals surface area contributed by atoms with Gasteiger partial charge in [-0.05, 0) is 0 Å². The average molecular weight is 236 g/mol. The van der Waals surface area contributed by atoms with Crippen molar-refractivity contribution in [3.63, 3.8) is 0 Å². The van der Waals surface area contributed by atoms with Crippen LogP contribution in [-0.4, -0.2) is 15.5 Å². The summed E-state index contributed by atoms with van der Waals surface area (Å²) in [6.07, 6.45) is -5.16. The summed E-state index contributed by atoms with van der Waals surface area (Å²) < 4.78 is 36.3. The molecule has 1 aromatic rings. The number of nitrogens with zero attached hydrogens (tertiary/aromatic N) is 4. The number of carbonyl (C=O) groups excluding carboxylic acids is 1. The van der Waals surface area contributed by atoms with E-state index in [-0.39, 0.29) is 18.9 Å². The largest absolute Gasteiger partial charge is 1.00 e. The molecule has 0 aliphatic heterocycles. The molecule has 6 nitrogen and oxygen atoms in total.